The Labute approximate surface area is 409 Å². The van der Waals surface area contributed by atoms with Crippen molar-refractivity contribution in [2.75, 3.05) is 0 Å². The average molecular weight is 913 g/mol. The van der Waals surface area contributed by atoms with Gasteiger partial charge < -0.3 is 4.57 Å². The van der Waals surface area contributed by atoms with Gasteiger partial charge in [0, 0.05) is 33.2 Å². The van der Waals surface area contributed by atoms with Crippen LogP contribution in [-0.4, -0.2) is 27.6 Å². The molecule has 70 heavy (non-hydrogen) atoms. The average Bonchev–Trinajstić information content (AvgIpc) is 3.76. The molecular weight excluding hydrogens is 865 g/mol. The van der Waals surface area contributed by atoms with E-state index in [1.807, 2.05) is 36.4 Å². The molecule has 4 nitrogen and oxygen atoms in total. The molecule has 0 N–H and O–H groups in total. The summed E-state index contributed by atoms with van der Waals surface area (Å²) in [7, 11) is -2.90. The highest BCUT2D eigenvalue weighted by Crippen LogP contribution is 2.39. The standard InChI is InChI=1S/C65H48N4Si/c1-45-35-38-56(46(2)41-45)50-36-39-58-57-33-18-19-34-61(57)69(62(58)43-50)51-37-40-59(65-67-63(47-21-8-3-9-22-47)66-64(68-65)48-23-10-4-11-24-48)60(44-51)49-25-20-32-55(42-49)70(52-26-12-5-13-27-52,53-28-14-6-15-29-53)54-30-16-7-17-31-54/h3-44H,1-2H3. The first kappa shape index (κ1) is 42.6. The summed E-state index contributed by atoms with van der Waals surface area (Å²) < 4.78 is 2.43. The SMILES string of the molecule is Cc1ccc(-c2ccc3c4ccccc4n(-c4ccc(-c5nc(-c6ccccc6)nc(-c6ccccc6)n5)c(-c5cccc([Si](c6ccccc6)(c6ccccc6)c6ccccc6)c5)c4)c3c2)c(C)c1. The Bertz CT molecular complexity index is 3680. The Morgan fingerprint density at radius 2 is 0.800 bits per heavy atom. The molecule has 2 heterocycles. The van der Waals surface area contributed by atoms with E-state index in [0.29, 0.717) is 17.5 Å². The summed E-state index contributed by atoms with van der Waals surface area (Å²) in [5.41, 5.74) is 13.2. The molecule has 0 atom stereocenters. The molecule has 332 valence electrons. The quantitative estimate of drug-likeness (QED) is 0.101. The molecule has 12 aromatic rings. The lowest BCUT2D eigenvalue weighted by atomic mass is 9.97. The molecule has 0 bridgehead atoms. The molecule has 0 saturated carbocycles. The summed E-state index contributed by atoms with van der Waals surface area (Å²) in [4.78, 5) is 15.8. The van der Waals surface area contributed by atoms with Crippen LogP contribution in [0.4, 0.5) is 0 Å². The topological polar surface area (TPSA) is 43.6 Å². The second-order valence-electron chi connectivity index (χ2n) is 18.1. The predicted octanol–water partition coefficient (Wildman–Crippen LogP) is 13.3. The fourth-order valence-corrected chi connectivity index (χ4v) is 15.4. The molecule has 5 heteroatoms. The van der Waals surface area contributed by atoms with Crippen LogP contribution in [0.2, 0.25) is 0 Å². The van der Waals surface area contributed by atoms with Crippen LogP contribution < -0.4 is 20.7 Å². The van der Waals surface area contributed by atoms with E-state index in [4.69, 9.17) is 15.0 Å². The second kappa shape index (κ2) is 18.0. The number of fused-ring (bicyclic) bond motifs is 3. The molecule has 0 fully saturated rings. The Kier molecular flexibility index (Phi) is 11.0. The van der Waals surface area contributed by atoms with E-state index >= 15 is 0 Å². The van der Waals surface area contributed by atoms with Crippen molar-refractivity contribution >= 4 is 50.6 Å². The highest BCUT2D eigenvalue weighted by atomic mass is 28.3. The van der Waals surface area contributed by atoms with Gasteiger partial charge in [0.05, 0.1) is 11.0 Å². The van der Waals surface area contributed by atoms with Crippen LogP contribution in [0.5, 0.6) is 0 Å². The highest BCUT2D eigenvalue weighted by Gasteiger charge is 2.41. The van der Waals surface area contributed by atoms with Crippen LogP contribution in [-0.2, 0) is 0 Å². The van der Waals surface area contributed by atoms with Crippen molar-refractivity contribution in [1.82, 2.24) is 19.5 Å². The van der Waals surface area contributed by atoms with Crippen LogP contribution in [0.1, 0.15) is 11.1 Å². The number of hydrogen-bond acceptors (Lipinski definition) is 3. The lowest BCUT2D eigenvalue weighted by molar-refractivity contribution is 1.07. The van der Waals surface area contributed by atoms with Crippen molar-refractivity contribution in [1.29, 1.82) is 0 Å². The summed E-state index contributed by atoms with van der Waals surface area (Å²) in [5, 5.41) is 7.66. The van der Waals surface area contributed by atoms with Gasteiger partial charge in [-0.3, -0.25) is 0 Å². The minimum atomic E-state index is -2.90. The predicted molar refractivity (Wildman–Crippen MR) is 294 cm³/mol. The molecule has 0 unspecified atom stereocenters. The van der Waals surface area contributed by atoms with Gasteiger partial charge in [0.2, 0.25) is 0 Å². The van der Waals surface area contributed by atoms with Gasteiger partial charge in [0.1, 0.15) is 0 Å². The summed E-state index contributed by atoms with van der Waals surface area (Å²) in [6, 6.07) is 92.4. The third-order valence-electron chi connectivity index (χ3n) is 13.8. The Morgan fingerprint density at radius 1 is 0.314 bits per heavy atom. The summed E-state index contributed by atoms with van der Waals surface area (Å²) >= 11 is 0. The van der Waals surface area contributed by atoms with E-state index in [-0.39, 0.29) is 0 Å². The van der Waals surface area contributed by atoms with E-state index in [9.17, 15) is 0 Å². The largest absolute Gasteiger partial charge is 0.309 e. The molecule has 0 aliphatic rings. The van der Waals surface area contributed by atoms with Gasteiger partial charge in [-0.15, -0.1) is 0 Å². The number of rotatable bonds is 10. The maximum atomic E-state index is 5.33. The zero-order chi connectivity index (χ0) is 47.0. The molecular formula is C65H48N4Si. The Morgan fingerprint density at radius 3 is 1.40 bits per heavy atom. The first-order valence-corrected chi connectivity index (χ1v) is 25.9. The van der Waals surface area contributed by atoms with Crippen molar-refractivity contribution in [3.8, 4) is 62.1 Å². The molecule has 10 aromatic carbocycles. The number of aromatic nitrogens is 4. The molecule has 0 aliphatic carbocycles. The minimum absolute atomic E-state index is 0.608. The van der Waals surface area contributed by atoms with Crippen LogP contribution in [0.3, 0.4) is 0 Å². The number of benzene rings is 10. The van der Waals surface area contributed by atoms with Gasteiger partial charge in [-0.1, -0.05) is 230 Å². The van der Waals surface area contributed by atoms with Gasteiger partial charge in [-0.25, -0.2) is 15.0 Å². The van der Waals surface area contributed by atoms with Crippen molar-refractivity contribution in [3.63, 3.8) is 0 Å². The van der Waals surface area contributed by atoms with E-state index < -0.39 is 8.07 Å². The molecule has 0 amide bonds. The molecule has 2 aromatic heterocycles. The minimum Gasteiger partial charge on any atom is -0.309 e. The maximum absolute atomic E-state index is 5.33. The van der Waals surface area contributed by atoms with Crippen molar-refractivity contribution in [3.05, 3.63) is 266 Å². The van der Waals surface area contributed by atoms with E-state index in [2.05, 4.69) is 237 Å². The van der Waals surface area contributed by atoms with Gasteiger partial charge in [0.15, 0.2) is 25.5 Å². The molecule has 0 aliphatic heterocycles. The van der Waals surface area contributed by atoms with Crippen LogP contribution in [0.15, 0.2) is 255 Å². The zero-order valence-corrected chi connectivity index (χ0v) is 40.0. The van der Waals surface area contributed by atoms with Gasteiger partial charge in [-0.05, 0) is 92.7 Å². The van der Waals surface area contributed by atoms with Crippen LogP contribution >= 0.6 is 0 Å². The third-order valence-corrected chi connectivity index (χ3v) is 18.6. The lowest BCUT2D eigenvalue weighted by Gasteiger charge is -2.34. The summed E-state index contributed by atoms with van der Waals surface area (Å²) in [6.45, 7) is 4.36. The van der Waals surface area contributed by atoms with E-state index in [1.54, 1.807) is 0 Å². The number of nitrogens with zero attached hydrogens (tertiary/aromatic N) is 4. The van der Waals surface area contributed by atoms with Gasteiger partial charge in [-0.2, -0.15) is 0 Å². The fraction of sp³-hybridized carbons (Fsp3) is 0.0308. The first-order chi connectivity index (χ1) is 34.5. The van der Waals surface area contributed by atoms with E-state index in [1.165, 1.54) is 53.8 Å². The third kappa shape index (κ3) is 7.54. The van der Waals surface area contributed by atoms with Crippen LogP contribution in [0, 0.1) is 13.8 Å². The molecule has 0 radical (unpaired) electrons. The molecule has 0 spiro atoms. The van der Waals surface area contributed by atoms with Crippen molar-refractivity contribution < 1.29 is 0 Å². The number of hydrogen-bond donors (Lipinski definition) is 0. The lowest BCUT2D eigenvalue weighted by Crippen LogP contribution is -2.74. The second-order valence-corrected chi connectivity index (χ2v) is 21.9. The van der Waals surface area contributed by atoms with Crippen molar-refractivity contribution in [2.24, 2.45) is 0 Å². The Hall–Kier alpha value is -8.77. The van der Waals surface area contributed by atoms with Gasteiger partial charge in [0.25, 0.3) is 0 Å². The number of aryl methyl sites for hydroxylation is 2. The summed E-state index contributed by atoms with van der Waals surface area (Å²) in [6.07, 6.45) is 0. The molecule has 0 saturated heterocycles. The summed E-state index contributed by atoms with van der Waals surface area (Å²) in [5.74, 6) is 1.85. The first-order valence-electron chi connectivity index (χ1n) is 23.9. The van der Waals surface area contributed by atoms with Gasteiger partial charge >= 0.3 is 0 Å². The fourth-order valence-electron chi connectivity index (χ4n) is 10.6. The van der Waals surface area contributed by atoms with Crippen molar-refractivity contribution in [2.45, 2.75) is 13.8 Å². The monoisotopic (exact) mass is 912 g/mol. The molecule has 12 rings (SSSR count). The number of para-hydroxylation sites is 1. The normalized spacial score (nSPS) is 11.6. The van der Waals surface area contributed by atoms with Crippen LogP contribution in [0.25, 0.3) is 83.9 Å². The highest BCUT2D eigenvalue weighted by molar-refractivity contribution is 7.19. The maximum Gasteiger partial charge on any atom is 0.179 e. The Balaban J connectivity index is 1.15. The zero-order valence-electron chi connectivity index (χ0n) is 39.0. The van der Waals surface area contributed by atoms with E-state index in [0.717, 1.165) is 44.5 Å². The smallest absolute Gasteiger partial charge is 0.179 e.